The molecule has 0 atom stereocenters. The Morgan fingerprint density at radius 3 is 2.45 bits per heavy atom. The van der Waals surface area contributed by atoms with Crippen LogP contribution in [0.3, 0.4) is 0 Å². The summed E-state index contributed by atoms with van der Waals surface area (Å²) in [6, 6.07) is 12.8. The van der Waals surface area contributed by atoms with Crippen molar-refractivity contribution in [2.24, 2.45) is 0 Å². The van der Waals surface area contributed by atoms with Gasteiger partial charge in [-0.15, -0.1) is 0 Å². The van der Waals surface area contributed by atoms with Crippen molar-refractivity contribution in [3.8, 4) is 12.1 Å². The highest BCUT2D eigenvalue weighted by Crippen LogP contribution is 2.17. The summed E-state index contributed by atoms with van der Waals surface area (Å²) in [5, 5.41) is 23.3. The van der Waals surface area contributed by atoms with Gasteiger partial charge in [0.25, 0.3) is 0 Å². The van der Waals surface area contributed by atoms with Crippen LogP contribution in [0.4, 0.5) is 17.3 Å². The highest BCUT2D eigenvalue weighted by atomic mass is 15.1. The maximum atomic E-state index is 8.75. The molecule has 0 unspecified atom stereocenters. The molecule has 0 radical (unpaired) electrons. The van der Waals surface area contributed by atoms with Crippen LogP contribution in [0.25, 0.3) is 0 Å². The van der Waals surface area contributed by atoms with Crippen LogP contribution in [0.15, 0.2) is 30.3 Å². The van der Waals surface area contributed by atoms with Gasteiger partial charge in [-0.1, -0.05) is 0 Å². The first-order chi connectivity index (χ1) is 9.71. The maximum Gasteiger partial charge on any atom is 0.136 e. The third-order valence-corrected chi connectivity index (χ3v) is 2.47. The van der Waals surface area contributed by atoms with Gasteiger partial charge in [0.05, 0.1) is 17.7 Å². The second-order valence-corrected chi connectivity index (χ2v) is 4.01. The molecule has 0 aliphatic carbocycles. The van der Waals surface area contributed by atoms with Gasteiger partial charge in [-0.3, -0.25) is 0 Å². The summed E-state index contributed by atoms with van der Waals surface area (Å²) in [5.41, 5.74) is 1.43. The Kier molecular flexibility index (Phi) is 4.10. The Morgan fingerprint density at radius 2 is 1.80 bits per heavy atom. The van der Waals surface area contributed by atoms with E-state index in [9.17, 15) is 0 Å². The lowest BCUT2D eigenvalue weighted by Crippen LogP contribution is -2.04. The molecule has 2 N–H and O–H groups in total. The Hall–Kier alpha value is -3.12. The average molecular weight is 264 g/mol. The monoisotopic (exact) mass is 264 g/mol. The van der Waals surface area contributed by atoms with E-state index in [0.717, 1.165) is 5.69 Å². The molecule has 0 aliphatic heterocycles. The van der Waals surface area contributed by atoms with Gasteiger partial charge in [-0.25, -0.2) is 9.97 Å². The van der Waals surface area contributed by atoms with E-state index in [1.165, 1.54) is 0 Å². The third-order valence-electron chi connectivity index (χ3n) is 2.47. The minimum atomic E-state index is 0.187. The summed E-state index contributed by atoms with van der Waals surface area (Å²) in [5.74, 6) is 1.82. The van der Waals surface area contributed by atoms with Crippen LogP contribution in [-0.4, -0.2) is 16.5 Å². The molecule has 0 fully saturated rings. The molecule has 1 aromatic carbocycles. The Labute approximate surface area is 116 Å². The fourth-order valence-corrected chi connectivity index (χ4v) is 1.63. The largest absolute Gasteiger partial charge is 0.357 e. The Morgan fingerprint density at radius 1 is 1.10 bits per heavy atom. The van der Waals surface area contributed by atoms with Crippen LogP contribution < -0.4 is 10.6 Å². The number of nitriles is 2. The van der Waals surface area contributed by atoms with Crippen molar-refractivity contribution in [2.75, 3.05) is 17.2 Å². The van der Waals surface area contributed by atoms with Crippen LogP contribution in [0.2, 0.25) is 0 Å². The van der Waals surface area contributed by atoms with Gasteiger partial charge >= 0.3 is 0 Å². The van der Waals surface area contributed by atoms with E-state index in [-0.39, 0.29) is 6.54 Å². The third kappa shape index (κ3) is 3.44. The van der Waals surface area contributed by atoms with Gasteiger partial charge in [-0.2, -0.15) is 10.5 Å². The highest BCUT2D eigenvalue weighted by Gasteiger charge is 2.02. The Bertz CT molecular complexity index is 678. The van der Waals surface area contributed by atoms with E-state index in [2.05, 4.69) is 26.7 Å². The van der Waals surface area contributed by atoms with Crippen molar-refractivity contribution in [1.29, 1.82) is 10.5 Å². The van der Waals surface area contributed by atoms with Gasteiger partial charge in [0.2, 0.25) is 0 Å². The van der Waals surface area contributed by atoms with E-state index < -0.39 is 0 Å². The zero-order valence-corrected chi connectivity index (χ0v) is 10.9. The van der Waals surface area contributed by atoms with Gasteiger partial charge < -0.3 is 10.6 Å². The predicted octanol–water partition coefficient (Wildman–Crippen LogP) is 2.34. The smallest absolute Gasteiger partial charge is 0.136 e. The molecule has 1 heterocycles. The van der Waals surface area contributed by atoms with Crippen molar-refractivity contribution >= 4 is 17.3 Å². The second kappa shape index (κ2) is 6.17. The van der Waals surface area contributed by atoms with E-state index >= 15 is 0 Å². The van der Waals surface area contributed by atoms with Crippen LogP contribution in [0.1, 0.15) is 11.4 Å². The highest BCUT2D eigenvalue weighted by molar-refractivity contribution is 5.60. The minimum absolute atomic E-state index is 0.187. The summed E-state index contributed by atoms with van der Waals surface area (Å²) in [4.78, 5) is 8.45. The predicted molar refractivity (Wildman–Crippen MR) is 75.3 cm³/mol. The molecule has 98 valence electrons. The molecule has 0 aliphatic rings. The normalized spacial score (nSPS) is 9.35. The molecule has 6 heteroatoms. The summed E-state index contributed by atoms with van der Waals surface area (Å²) in [7, 11) is 0. The number of nitrogens with one attached hydrogen (secondary N) is 2. The van der Waals surface area contributed by atoms with Gasteiger partial charge in [0.1, 0.15) is 24.0 Å². The van der Waals surface area contributed by atoms with E-state index in [1.807, 2.05) is 6.07 Å². The lowest BCUT2D eigenvalue weighted by atomic mass is 10.2. The number of aryl methyl sites for hydroxylation is 1. The fourth-order valence-electron chi connectivity index (χ4n) is 1.63. The topological polar surface area (TPSA) is 97.4 Å². The number of aromatic nitrogens is 2. The molecule has 2 rings (SSSR count). The Balaban J connectivity index is 2.18. The molecule has 2 aromatic rings. The zero-order valence-electron chi connectivity index (χ0n) is 10.9. The van der Waals surface area contributed by atoms with Crippen molar-refractivity contribution in [3.05, 3.63) is 41.7 Å². The molecular formula is C14H12N6. The zero-order chi connectivity index (χ0) is 14.4. The summed E-state index contributed by atoms with van der Waals surface area (Å²) >= 11 is 0. The fraction of sp³-hybridized carbons (Fsp3) is 0.143. The van der Waals surface area contributed by atoms with Crippen molar-refractivity contribution in [1.82, 2.24) is 9.97 Å². The van der Waals surface area contributed by atoms with Gasteiger partial charge in [0, 0.05) is 11.8 Å². The molecule has 1 aromatic heterocycles. The number of benzene rings is 1. The molecular weight excluding hydrogens is 252 g/mol. The number of hydrogen-bond donors (Lipinski definition) is 2. The van der Waals surface area contributed by atoms with E-state index in [4.69, 9.17) is 10.5 Å². The average Bonchev–Trinajstić information content (AvgIpc) is 2.45. The van der Waals surface area contributed by atoms with Gasteiger partial charge in [0.15, 0.2) is 0 Å². The summed E-state index contributed by atoms with van der Waals surface area (Å²) in [6.07, 6.45) is 0. The van der Waals surface area contributed by atoms with Crippen molar-refractivity contribution in [2.45, 2.75) is 6.92 Å². The second-order valence-electron chi connectivity index (χ2n) is 4.01. The molecule has 0 saturated heterocycles. The van der Waals surface area contributed by atoms with Crippen LogP contribution in [-0.2, 0) is 0 Å². The molecule has 0 spiro atoms. The number of nitrogens with zero attached hydrogens (tertiary/aromatic N) is 4. The van der Waals surface area contributed by atoms with Crippen molar-refractivity contribution < 1.29 is 0 Å². The standard InChI is InChI=1S/C14H12N6/c1-10-18-13(17-7-6-15)8-14(19-10)20-12-4-2-11(9-16)3-5-12/h2-5,8H,7H2,1H3,(H2,17,18,19,20). The van der Waals surface area contributed by atoms with Gasteiger partial charge in [-0.05, 0) is 31.2 Å². The number of hydrogen-bond acceptors (Lipinski definition) is 6. The van der Waals surface area contributed by atoms with E-state index in [0.29, 0.717) is 23.0 Å². The lowest BCUT2D eigenvalue weighted by molar-refractivity contribution is 1.05. The quantitative estimate of drug-likeness (QED) is 0.822. The van der Waals surface area contributed by atoms with Crippen LogP contribution in [0, 0.1) is 29.6 Å². The molecule has 0 saturated carbocycles. The first-order valence-electron chi connectivity index (χ1n) is 5.95. The first kappa shape index (κ1) is 13.3. The molecule has 6 nitrogen and oxygen atoms in total. The maximum absolute atomic E-state index is 8.75. The summed E-state index contributed by atoms with van der Waals surface area (Å²) < 4.78 is 0. The van der Waals surface area contributed by atoms with E-state index in [1.54, 1.807) is 37.3 Å². The first-order valence-corrected chi connectivity index (χ1v) is 5.95. The SMILES string of the molecule is Cc1nc(NCC#N)cc(Nc2ccc(C#N)cc2)n1. The minimum Gasteiger partial charge on any atom is -0.357 e. The lowest BCUT2D eigenvalue weighted by Gasteiger charge is -2.08. The number of rotatable bonds is 4. The van der Waals surface area contributed by atoms with Crippen LogP contribution in [0.5, 0.6) is 0 Å². The molecule has 20 heavy (non-hydrogen) atoms. The van der Waals surface area contributed by atoms with Crippen molar-refractivity contribution in [3.63, 3.8) is 0 Å². The molecule has 0 bridgehead atoms. The molecule has 0 amide bonds. The number of anilines is 3. The summed E-state index contributed by atoms with van der Waals surface area (Å²) in [6.45, 7) is 1.97. The van der Waals surface area contributed by atoms with Crippen LogP contribution >= 0.6 is 0 Å².